The monoisotopic (exact) mass is 411 g/mol. The maximum atomic E-state index is 13.6. The number of rotatable bonds is 8. The summed E-state index contributed by atoms with van der Waals surface area (Å²) in [6.07, 6.45) is 2.49. The third kappa shape index (κ3) is 4.95. The fourth-order valence-corrected chi connectivity index (χ4v) is 2.52. The molecule has 0 aliphatic heterocycles. The highest BCUT2D eigenvalue weighted by atomic mass is 19.2. The van der Waals surface area contributed by atoms with Crippen LogP contribution in [-0.2, 0) is 13.2 Å². The van der Waals surface area contributed by atoms with Gasteiger partial charge in [0, 0.05) is 25.4 Å². The minimum atomic E-state index is -1.65. The number of carbonyl (C=O) groups is 1. The first-order valence-corrected chi connectivity index (χ1v) is 8.68. The number of carbonyl (C=O) groups excluding carboxylic acids is 1. The second-order valence-corrected chi connectivity index (χ2v) is 6.18. The van der Waals surface area contributed by atoms with Crippen molar-refractivity contribution in [2.75, 3.05) is 6.54 Å². The zero-order valence-corrected chi connectivity index (χ0v) is 15.3. The van der Waals surface area contributed by atoms with Gasteiger partial charge in [-0.15, -0.1) is 0 Å². The molecule has 0 bridgehead atoms. The minimum absolute atomic E-state index is 0.0371. The summed E-state index contributed by atoms with van der Waals surface area (Å²) < 4.78 is 65.3. The van der Waals surface area contributed by atoms with E-state index in [4.69, 9.17) is 9.15 Å². The number of hydrogen-bond donors (Lipinski definition) is 1. The Labute approximate surface area is 163 Å². The van der Waals surface area contributed by atoms with Crippen molar-refractivity contribution in [1.82, 2.24) is 15.1 Å². The van der Waals surface area contributed by atoms with Gasteiger partial charge in [-0.25, -0.2) is 8.78 Å². The predicted molar refractivity (Wildman–Crippen MR) is 93.2 cm³/mol. The van der Waals surface area contributed by atoms with Crippen LogP contribution in [0, 0.1) is 30.2 Å². The van der Waals surface area contributed by atoms with E-state index in [2.05, 4.69) is 10.4 Å². The lowest BCUT2D eigenvalue weighted by molar-refractivity contribution is 0.0920. The van der Waals surface area contributed by atoms with E-state index in [0.717, 1.165) is 5.69 Å². The lowest BCUT2D eigenvalue weighted by Gasteiger charge is -2.08. The summed E-state index contributed by atoms with van der Waals surface area (Å²) in [6, 6.07) is 4.66. The molecule has 29 heavy (non-hydrogen) atoms. The summed E-state index contributed by atoms with van der Waals surface area (Å²) in [5.41, 5.74) is 0.903. The molecule has 10 heteroatoms. The molecule has 0 radical (unpaired) electrons. The highest BCUT2D eigenvalue weighted by Gasteiger charge is 2.21. The molecule has 0 aliphatic rings. The van der Waals surface area contributed by atoms with Crippen LogP contribution in [-0.4, -0.2) is 22.2 Å². The van der Waals surface area contributed by atoms with Gasteiger partial charge in [0.1, 0.15) is 12.4 Å². The molecule has 0 saturated heterocycles. The average molecular weight is 411 g/mol. The summed E-state index contributed by atoms with van der Waals surface area (Å²) in [7, 11) is 0. The standard InChI is InChI=1S/C19H17F4N3O3/c1-11-5-8-26(25-11)7-2-6-24-19(27)15-4-3-12(29-15)10-28-18-16(22)13(20)9-14(21)17(18)23/h3-5,8-9H,2,6-7,10H2,1H3,(H,24,27). The Balaban J connectivity index is 1.51. The summed E-state index contributed by atoms with van der Waals surface area (Å²) >= 11 is 0. The topological polar surface area (TPSA) is 69.3 Å². The van der Waals surface area contributed by atoms with Crippen LogP contribution in [0.3, 0.4) is 0 Å². The van der Waals surface area contributed by atoms with Crippen molar-refractivity contribution in [1.29, 1.82) is 0 Å². The van der Waals surface area contributed by atoms with Gasteiger partial charge in [-0.1, -0.05) is 0 Å². The zero-order chi connectivity index (χ0) is 21.0. The van der Waals surface area contributed by atoms with Crippen LogP contribution < -0.4 is 10.1 Å². The molecular weight excluding hydrogens is 394 g/mol. The number of amides is 1. The van der Waals surface area contributed by atoms with Crippen molar-refractivity contribution >= 4 is 5.91 Å². The van der Waals surface area contributed by atoms with Crippen LogP contribution >= 0.6 is 0 Å². The third-order valence-corrected chi connectivity index (χ3v) is 3.94. The molecule has 0 fully saturated rings. The Bertz CT molecular complexity index is 990. The van der Waals surface area contributed by atoms with Crippen molar-refractivity contribution in [3.63, 3.8) is 0 Å². The number of furan rings is 1. The van der Waals surface area contributed by atoms with Gasteiger partial charge in [-0.2, -0.15) is 13.9 Å². The number of hydrogen-bond acceptors (Lipinski definition) is 4. The van der Waals surface area contributed by atoms with E-state index < -0.39 is 41.5 Å². The fourth-order valence-electron chi connectivity index (χ4n) is 2.52. The number of halogens is 4. The van der Waals surface area contributed by atoms with E-state index in [-0.39, 0.29) is 17.6 Å². The number of ether oxygens (including phenoxy) is 1. The van der Waals surface area contributed by atoms with Gasteiger partial charge >= 0.3 is 0 Å². The smallest absolute Gasteiger partial charge is 0.286 e. The van der Waals surface area contributed by atoms with Gasteiger partial charge in [0.2, 0.25) is 11.6 Å². The van der Waals surface area contributed by atoms with E-state index >= 15 is 0 Å². The number of aryl methyl sites for hydroxylation is 2. The Morgan fingerprint density at radius 3 is 2.55 bits per heavy atom. The Hall–Kier alpha value is -3.30. The maximum Gasteiger partial charge on any atom is 0.286 e. The lowest BCUT2D eigenvalue weighted by atomic mass is 10.3. The second kappa shape index (κ2) is 8.80. The van der Waals surface area contributed by atoms with Crippen LogP contribution in [0.2, 0.25) is 0 Å². The molecule has 0 aliphatic carbocycles. The molecule has 2 heterocycles. The molecule has 3 aromatic rings. The molecule has 2 aromatic heterocycles. The first-order chi connectivity index (χ1) is 13.8. The predicted octanol–water partition coefficient (Wildman–Crippen LogP) is 3.74. The number of aromatic nitrogens is 2. The number of nitrogens with one attached hydrogen (secondary N) is 1. The van der Waals surface area contributed by atoms with Crippen LogP contribution in [0.15, 0.2) is 34.9 Å². The van der Waals surface area contributed by atoms with Gasteiger partial charge in [-0.3, -0.25) is 9.48 Å². The van der Waals surface area contributed by atoms with Crippen LogP contribution in [0.5, 0.6) is 5.75 Å². The van der Waals surface area contributed by atoms with Crippen LogP contribution in [0.4, 0.5) is 17.6 Å². The summed E-state index contributed by atoms with van der Waals surface area (Å²) in [5, 5.41) is 6.89. The van der Waals surface area contributed by atoms with E-state index in [1.807, 2.05) is 19.2 Å². The molecular formula is C19H17F4N3O3. The molecule has 1 aromatic carbocycles. The number of benzene rings is 1. The molecule has 3 rings (SSSR count). The molecule has 0 atom stereocenters. The molecule has 1 N–H and O–H groups in total. The molecule has 154 valence electrons. The average Bonchev–Trinajstić information content (AvgIpc) is 3.32. The molecule has 6 nitrogen and oxygen atoms in total. The highest BCUT2D eigenvalue weighted by Crippen LogP contribution is 2.27. The van der Waals surface area contributed by atoms with E-state index in [0.29, 0.717) is 19.5 Å². The minimum Gasteiger partial charge on any atom is -0.479 e. The van der Waals surface area contributed by atoms with Crippen molar-refractivity contribution in [2.24, 2.45) is 0 Å². The Morgan fingerprint density at radius 1 is 1.17 bits per heavy atom. The second-order valence-electron chi connectivity index (χ2n) is 6.18. The van der Waals surface area contributed by atoms with Crippen molar-refractivity contribution in [3.05, 3.63) is 70.9 Å². The van der Waals surface area contributed by atoms with E-state index in [1.165, 1.54) is 12.1 Å². The summed E-state index contributed by atoms with van der Waals surface area (Å²) in [4.78, 5) is 12.1. The van der Waals surface area contributed by atoms with Gasteiger partial charge in [0.05, 0.1) is 5.69 Å². The van der Waals surface area contributed by atoms with E-state index in [9.17, 15) is 22.4 Å². The Morgan fingerprint density at radius 2 is 1.90 bits per heavy atom. The lowest BCUT2D eigenvalue weighted by Crippen LogP contribution is -2.24. The van der Waals surface area contributed by atoms with Crippen LogP contribution in [0.1, 0.15) is 28.4 Å². The maximum absolute atomic E-state index is 13.6. The SMILES string of the molecule is Cc1ccn(CCCNC(=O)c2ccc(COc3c(F)c(F)cc(F)c3F)o2)n1. The van der Waals surface area contributed by atoms with Crippen molar-refractivity contribution in [3.8, 4) is 5.75 Å². The highest BCUT2D eigenvalue weighted by molar-refractivity contribution is 5.91. The normalized spacial score (nSPS) is 10.9. The summed E-state index contributed by atoms with van der Waals surface area (Å²) in [6.45, 7) is 2.36. The van der Waals surface area contributed by atoms with Gasteiger partial charge in [0.15, 0.2) is 23.1 Å². The molecule has 0 spiro atoms. The third-order valence-electron chi connectivity index (χ3n) is 3.94. The quantitative estimate of drug-likeness (QED) is 0.348. The zero-order valence-electron chi connectivity index (χ0n) is 15.3. The van der Waals surface area contributed by atoms with Gasteiger partial charge < -0.3 is 14.5 Å². The Kier molecular flexibility index (Phi) is 6.20. The van der Waals surface area contributed by atoms with Gasteiger partial charge in [-0.05, 0) is 31.5 Å². The van der Waals surface area contributed by atoms with Gasteiger partial charge in [0.25, 0.3) is 5.91 Å². The molecule has 0 saturated carbocycles. The first-order valence-electron chi connectivity index (χ1n) is 8.68. The summed E-state index contributed by atoms with van der Waals surface area (Å²) in [5.74, 6) is -8.13. The van der Waals surface area contributed by atoms with Crippen molar-refractivity contribution in [2.45, 2.75) is 26.5 Å². The van der Waals surface area contributed by atoms with Crippen LogP contribution in [0.25, 0.3) is 0 Å². The van der Waals surface area contributed by atoms with Crippen molar-refractivity contribution < 1.29 is 31.5 Å². The number of nitrogens with zero attached hydrogens (tertiary/aromatic N) is 2. The molecule has 0 unspecified atom stereocenters. The van der Waals surface area contributed by atoms with E-state index in [1.54, 1.807) is 4.68 Å². The fraction of sp³-hybridized carbons (Fsp3) is 0.263. The first kappa shape index (κ1) is 20.4. The largest absolute Gasteiger partial charge is 0.479 e. The molecule has 1 amide bonds.